The second kappa shape index (κ2) is 10.7. The molecule has 2 aromatic carbocycles. The molecule has 2 fully saturated rings. The van der Waals surface area contributed by atoms with Crippen molar-refractivity contribution in [2.45, 2.75) is 35.0 Å². The third kappa shape index (κ3) is 5.60. The zero-order valence-corrected chi connectivity index (χ0v) is 21.9. The molecule has 6 rings (SSSR count). The van der Waals surface area contributed by atoms with Gasteiger partial charge in [0, 0.05) is 73.1 Å². The van der Waals surface area contributed by atoms with E-state index in [9.17, 15) is 13.6 Å². The first-order chi connectivity index (χ1) is 18.4. The topological polar surface area (TPSA) is 55.2 Å². The molecule has 3 aliphatic heterocycles. The Bertz CT molecular complexity index is 1360. The maximum atomic E-state index is 13.4. The Labute approximate surface area is 224 Å². The summed E-state index contributed by atoms with van der Waals surface area (Å²) in [4.78, 5) is 18.9. The molecule has 200 valence electrons. The summed E-state index contributed by atoms with van der Waals surface area (Å²) >= 11 is 1.68. The lowest BCUT2D eigenvalue weighted by atomic mass is 10.0. The van der Waals surface area contributed by atoms with Crippen LogP contribution in [0, 0.1) is 0 Å². The number of halogens is 2. The van der Waals surface area contributed by atoms with Crippen molar-refractivity contribution < 1.29 is 22.7 Å². The lowest BCUT2D eigenvalue weighted by molar-refractivity contribution is -0.0564. The van der Waals surface area contributed by atoms with Crippen molar-refractivity contribution in [2.75, 3.05) is 57.4 Å². The molecule has 0 aliphatic carbocycles. The standard InChI is InChI=1S/C29H30F2N2O4S/c30-29(31)6-8-32(9-7-29)10-15-36-23-4-5-26-21(17-23)16-20-2-1-3-24(28(20)38-26)25-18-22(34)19-27(37-25)33-11-13-35-14-12-33/h1-5,17-19H,6-16H2. The Morgan fingerprint density at radius 2 is 1.79 bits per heavy atom. The van der Waals surface area contributed by atoms with Crippen LogP contribution in [0.4, 0.5) is 14.7 Å². The van der Waals surface area contributed by atoms with Gasteiger partial charge in [-0.1, -0.05) is 30.0 Å². The lowest BCUT2D eigenvalue weighted by Gasteiger charge is -2.31. The predicted molar refractivity (Wildman–Crippen MR) is 143 cm³/mol. The van der Waals surface area contributed by atoms with Crippen LogP contribution < -0.4 is 15.1 Å². The zero-order valence-electron chi connectivity index (χ0n) is 21.1. The molecule has 2 saturated heterocycles. The van der Waals surface area contributed by atoms with Crippen molar-refractivity contribution in [3.8, 4) is 17.1 Å². The van der Waals surface area contributed by atoms with Gasteiger partial charge < -0.3 is 18.8 Å². The van der Waals surface area contributed by atoms with Crippen LogP contribution in [-0.4, -0.2) is 63.4 Å². The van der Waals surface area contributed by atoms with Crippen LogP contribution in [0.15, 0.2) is 67.5 Å². The molecule has 4 heterocycles. The molecule has 0 amide bonds. The van der Waals surface area contributed by atoms with Gasteiger partial charge in [-0.3, -0.25) is 9.69 Å². The fraction of sp³-hybridized carbons (Fsp3) is 0.414. The summed E-state index contributed by atoms with van der Waals surface area (Å²) in [5.41, 5.74) is 3.19. The van der Waals surface area contributed by atoms with Crippen molar-refractivity contribution in [3.05, 3.63) is 69.9 Å². The van der Waals surface area contributed by atoms with Crippen LogP contribution in [0.25, 0.3) is 11.3 Å². The third-order valence-corrected chi connectivity index (χ3v) is 8.63. The minimum absolute atomic E-state index is 0.0772. The first-order valence-electron chi connectivity index (χ1n) is 13.1. The van der Waals surface area contributed by atoms with E-state index in [1.807, 2.05) is 28.0 Å². The number of rotatable bonds is 6. The molecule has 38 heavy (non-hydrogen) atoms. The van der Waals surface area contributed by atoms with E-state index in [0.29, 0.717) is 64.2 Å². The van der Waals surface area contributed by atoms with Gasteiger partial charge in [-0.15, -0.1) is 0 Å². The Morgan fingerprint density at radius 3 is 2.61 bits per heavy atom. The van der Waals surface area contributed by atoms with Crippen molar-refractivity contribution in [1.82, 2.24) is 4.90 Å². The maximum Gasteiger partial charge on any atom is 0.250 e. The molecular weight excluding hydrogens is 510 g/mol. The third-order valence-electron chi connectivity index (χ3n) is 7.33. The molecule has 0 saturated carbocycles. The average Bonchev–Trinajstić information content (AvgIpc) is 2.92. The fourth-order valence-corrected chi connectivity index (χ4v) is 6.34. The van der Waals surface area contributed by atoms with E-state index >= 15 is 0 Å². The Balaban J connectivity index is 1.16. The van der Waals surface area contributed by atoms with Crippen molar-refractivity contribution in [3.63, 3.8) is 0 Å². The molecular formula is C29H30F2N2O4S. The Hall–Kier alpha value is -2.88. The minimum atomic E-state index is -2.53. The van der Waals surface area contributed by atoms with Gasteiger partial charge >= 0.3 is 0 Å². The minimum Gasteiger partial charge on any atom is -0.492 e. The Morgan fingerprint density at radius 1 is 0.974 bits per heavy atom. The number of piperidine rings is 1. The SMILES string of the molecule is O=c1cc(-c2cccc3c2Sc2ccc(OCCN4CCC(F)(F)CC4)cc2C3)oc(N2CCOCC2)c1. The number of fused-ring (bicyclic) bond motifs is 2. The second-order valence-corrected chi connectivity index (χ2v) is 11.0. The zero-order chi connectivity index (χ0) is 26.1. The smallest absolute Gasteiger partial charge is 0.250 e. The normalized spacial score (nSPS) is 19.1. The summed E-state index contributed by atoms with van der Waals surface area (Å²) in [5.74, 6) is -0.590. The van der Waals surface area contributed by atoms with E-state index in [-0.39, 0.29) is 18.3 Å². The van der Waals surface area contributed by atoms with E-state index in [4.69, 9.17) is 13.9 Å². The van der Waals surface area contributed by atoms with E-state index < -0.39 is 5.92 Å². The van der Waals surface area contributed by atoms with Gasteiger partial charge in [0.2, 0.25) is 0 Å². The van der Waals surface area contributed by atoms with Crippen molar-refractivity contribution in [1.29, 1.82) is 0 Å². The van der Waals surface area contributed by atoms with Crippen LogP contribution in [0.3, 0.4) is 0 Å². The molecule has 0 N–H and O–H groups in total. The highest BCUT2D eigenvalue weighted by Crippen LogP contribution is 2.45. The molecule has 3 aromatic rings. The number of alkyl halides is 2. The van der Waals surface area contributed by atoms with Gasteiger partial charge in [0.15, 0.2) is 11.3 Å². The number of likely N-dealkylation sites (tertiary alicyclic amines) is 1. The molecule has 3 aliphatic rings. The summed E-state index contributed by atoms with van der Waals surface area (Å²) in [6.07, 6.45) is 0.591. The summed E-state index contributed by atoms with van der Waals surface area (Å²) < 4.78 is 44.4. The highest BCUT2D eigenvalue weighted by Gasteiger charge is 2.33. The highest BCUT2D eigenvalue weighted by molar-refractivity contribution is 7.99. The van der Waals surface area contributed by atoms with E-state index in [0.717, 1.165) is 27.5 Å². The summed E-state index contributed by atoms with van der Waals surface area (Å²) in [5, 5.41) is 0. The lowest BCUT2D eigenvalue weighted by Crippen LogP contribution is -2.41. The fourth-order valence-electron chi connectivity index (χ4n) is 5.17. The number of benzene rings is 2. The van der Waals surface area contributed by atoms with Gasteiger partial charge in [0.25, 0.3) is 5.92 Å². The molecule has 0 bridgehead atoms. The summed E-state index contributed by atoms with van der Waals surface area (Å²) in [7, 11) is 0. The number of nitrogens with zero attached hydrogens (tertiary/aromatic N) is 2. The predicted octanol–water partition coefficient (Wildman–Crippen LogP) is 5.31. The van der Waals surface area contributed by atoms with Gasteiger partial charge in [-0.05, 0) is 35.7 Å². The van der Waals surface area contributed by atoms with Gasteiger partial charge in [0.1, 0.15) is 18.1 Å². The van der Waals surface area contributed by atoms with Gasteiger partial charge in [-0.25, -0.2) is 8.78 Å². The Kier molecular flexibility index (Phi) is 7.16. The van der Waals surface area contributed by atoms with Crippen LogP contribution in [0.5, 0.6) is 5.75 Å². The highest BCUT2D eigenvalue weighted by atomic mass is 32.2. The maximum absolute atomic E-state index is 13.4. The molecule has 9 heteroatoms. The van der Waals surface area contributed by atoms with Crippen molar-refractivity contribution >= 4 is 17.6 Å². The van der Waals surface area contributed by atoms with Gasteiger partial charge in [-0.2, -0.15) is 0 Å². The number of ether oxygens (including phenoxy) is 2. The van der Waals surface area contributed by atoms with Gasteiger partial charge in [0.05, 0.1) is 13.2 Å². The first-order valence-corrected chi connectivity index (χ1v) is 13.9. The van der Waals surface area contributed by atoms with Crippen LogP contribution in [0.1, 0.15) is 24.0 Å². The number of hydrogen-bond acceptors (Lipinski definition) is 7. The molecule has 0 atom stereocenters. The molecule has 0 radical (unpaired) electrons. The van der Waals surface area contributed by atoms with Crippen LogP contribution >= 0.6 is 11.8 Å². The number of hydrogen-bond donors (Lipinski definition) is 0. The van der Waals surface area contributed by atoms with Crippen LogP contribution in [-0.2, 0) is 11.2 Å². The molecule has 0 unspecified atom stereocenters. The summed E-state index contributed by atoms with van der Waals surface area (Å²) in [6.45, 7) is 4.55. The largest absolute Gasteiger partial charge is 0.492 e. The molecule has 6 nitrogen and oxygen atoms in total. The summed E-state index contributed by atoms with van der Waals surface area (Å²) in [6, 6.07) is 15.3. The van der Waals surface area contributed by atoms with Crippen molar-refractivity contribution in [2.24, 2.45) is 0 Å². The van der Waals surface area contributed by atoms with E-state index in [2.05, 4.69) is 18.2 Å². The van der Waals surface area contributed by atoms with Crippen LogP contribution in [0.2, 0.25) is 0 Å². The van der Waals surface area contributed by atoms with E-state index in [1.165, 1.54) is 11.1 Å². The number of anilines is 1. The first kappa shape index (κ1) is 25.4. The molecule has 1 aromatic heterocycles. The number of morpholine rings is 1. The second-order valence-electron chi connectivity index (χ2n) is 9.98. The average molecular weight is 541 g/mol. The van der Waals surface area contributed by atoms with E-state index in [1.54, 1.807) is 23.9 Å². The quantitative estimate of drug-likeness (QED) is 0.329. The molecule has 0 spiro atoms. The monoisotopic (exact) mass is 540 g/mol.